The molecule has 226 valence electrons. The smallest absolute Gasteiger partial charge is 0.262 e. The first kappa shape index (κ1) is 31.7. The molecule has 0 radical (unpaired) electrons. The van der Waals surface area contributed by atoms with Crippen molar-refractivity contribution in [2.75, 3.05) is 31.5 Å². The molecule has 4 rings (SSSR count). The van der Waals surface area contributed by atoms with Gasteiger partial charge in [-0.15, -0.1) is 0 Å². The minimum absolute atomic E-state index is 0.0201. The molecule has 0 fully saturated rings. The van der Waals surface area contributed by atoms with Crippen molar-refractivity contribution in [3.8, 4) is 5.75 Å². The van der Waals surface area contributed by atoms with Crippen molar-refractivity contribution in [1.29, 1.82) is 0 Å². The minimum atomic E-state index is -4.23. The maximum Gasteiger partial charge on any atom is 0.262 e. The number of hydrogen-bond donors (Lipinski definition) is 2. The summed E-state index contributed by atoms with van der Waals surface area (Å²) in [5.41, 5.74) is -0.0428. The molecule has 1 aliphatic heterocycles. The van der Waals surface area contributed by atoms with Crippen LogP contribution in [-0.4, -0.2) is 75.9 Å². The number of ether oxygens (including phenoxy) is 1. The fraction of sp³-hybridized carbons (Fsp3) is 0.321. The van der Waals surface area contributed by atoms with Crippen molar-refractivity contribution in [2.45, 2.75) is 35.8 Å². The summed E-state index contributed by atoms with van der Waals surface area (Å²) in [7, 11) is -6.81. The zero-order valence-corrected chi connectivity index (χ0v) is 25.5. The normalized spacial score (nSPS) is 18.5. The molecule has 0 aliphatic carbocycles. The lowest BCUT2D eigenvalue weighted by molar-refractivity contribution is 0.0389. The van der Waals surface area contributed by atoms with E-state index in [1.54, 1.807) is 13.8 Å². The van der Waals surface area contributed by atoms with Crippen LogP contribution in [-0.2, 0) is 20.0 Å². The third-order valence-corrected chi connectivity index (χ3v) is 10.5. The number of carbonyl (C=O) groups is 1. The molecular formula is C28H31ClFN3O7S2. The van der Waals surface area contributed by atoms with Crippen LogP contribution in [0, 0.1) is 11.7 Å². The molecule has 10 nitrogen and oxygen atoms in total. The van der Waals surface area contributed by atoms with Gasteiger partial charge in [0, 0.05) is 24.5 Å². The van der Waals surface area contributed by atoms with Crippen molar-refractivity contribution in [3.05, 3.63) is 83.1 Å². The third kappa shape index (κ3) is 6.70. The largest absolute Gasteiger partial charge is 0.486 e. The summed E-state index contributed by atoms with van der Waals surface area (Å²) < 4.78 is 76.3. The maximum absolute atomic E-state index is 13.7. The summed E-state index contributed by atoms with van der Waals surface area (Å²) in [5.74, 6) is -1.67. The number of anilines is 1. The van der Waals surface area contributed by atoms with Crippen LogP contribution in [0.25, 0.3) is 0 Å². The summed E-state index contributed by atoms with van der Waals surface area (Å²) in [6.07, 6.45) is -0.853. The maximum atomic E-state index is 13.7. The van der Waals surface area contributed by atoms with Gasteiger partial charge in [0.1, 0.15) is 11.9 Å². The third-order valence-electron chi connectivity index (χ3n) is 7.02. The van der Waals surface area contributed by atoms with Gasteiger partial charge in [-0.25, -0.2) is 21.2 Å². The van der Waals surface area contributed by atoms with Crippen LogP contribution in [0.1, 0.15) is 24.2 Å². The highest BCUT2D eigenvalue weighted by Gasteiger charge is 2.36. The summed E-state index contributed by atoms with van der Waals surface area (Å²) >= 11 is 5.92. The predicted octanol–water partition coefficient (Wildman–Crippen LogP) is 3.82. The zero-order valence-electron chi connectivity index (χ0n) is 23.1. The first-order chi connectivity index (χ1) is 19.7. The van der Waals surface area contributed by atoms with Gasteiger partial charge >= 0.3 is 0 Å². The van der Waals surface area contributed by atoms with E-state index in [1.807, 2.05) is 0 Å². The zero-order chi connectivity index (χ0) is 30.8. The first-order valence-electron chi connectivity index (χ1n) is 13.0. The molecule has 1 amide bonds. The highest BCUT2D eigenvalue weighted by atomic mass is 35.5. The molecule has 3 atom stereocenters. The highest BCUT2D eigenvalue weighted by molar-refractivity contribution is 7.92. The van der Waals surface area contributed by atoms with E-state index in [4.69, 9.17) is 16.3 Å². The van der Waals surface area contributed by atoms with E-state index in [0.717, 1.165) is 28.6 Å². The molecule has 42 heavy (non-hydrogen) atoms. The SMILES string of the molecule is C[C@@H]1CN([C@@H](C)CO)C(=O)c2cccc(NS(=O)(=O)c3ccc(F)cc3)c2O[C@@H]1CN(C)S(=O)(=O)c1ccc(Cl)cc1. The summed E-state index contributed by atoms with van der Waals surface area (Å²) in [6, 6.07) is 13.7. The van der Waals surface area contributed by atoms with Gasteiger partial charge in [0.05, 0.1) is 40.2 Å². The molecular weight excluding hydrogens is 609 g/mol. The van der Waals surface area contributed by atoms with Crippen LogP contribution in [0.2, 0.25) is 5.02 Å². The van der Waals surface area contributed by atoms with Crippen LogP contribution in [0.3, 0.4) is 0 Å². The summed E-state index contributed by atoms with van der Waals surface area (Å²) in [6.45, 7) is 3.08. The van der Waals surface area contributed by atoms with Crippen LogP contribution in [0.4, 0.5) is 10.1 Å². The van der Waals surface area contributed by atoms with Crippen LogP contribution < -0.4 is 9.46 Å². The molecule has 0 spiro atoms. The Kier molecular flexibility index (Phi) is 9.48. The number of benzene rings is 3. The Morgan fingerprint density at radius 1 is 1.07 bits per heavy atom. The van der Waals surface area contributed by atoms with Crippen LogP contribution in [0.5, 0.6) is 5.75 Å². The molecule has 0 bridgehead atoms. The second-order valence-electron chi connectivity index (χ2n) is 10.1. The number of rotatable bonds is 9. The van der Waals surface area contributed by atoms with Crippen LogP contribution >= 0.6 is 11.6 Å². The first-order valence-corrected chi connectivity index (χ1v) is 16.3. The lowest BCUT2D eigenvalue weighted by Crippen LogP contribution is -2.50. The van der Waals surface area contributed by atoms with Crippen LogP contribution in [0.15, 0.2) is 76.5 Å². The molecule has 3 aromatic carbocycles. The van der Waals surface area contributed by atoms with Gasteiger partial charge in [-0.05, 0) is 67.6 Å². The van der Waals surface area contributed by atoms with Crippen molar-refractivity contribution in [3.63, 3.8) is 0 Å². The Bertz CT molecular complexity index is 1650. The average molecular weight is 640 g/mol. The Labute approximate surface area is 249 Å². The quantitative estimate of drug-likeness (QED) is 0.364. The number of hydrogen-bond acceptors (Lipinski definition) is 7. The van der Waals surface area contributed by atoms with Crippen molar-refractivity contribution < 1.29 is 35.9 Å². The monoisotopic (exact) mass is 639 g/mol. The number of nitrogens with one attached hydrogen (secondary N) is 1. The van der Waals surface area contributed by atoms with Gasteiger partial charge in [-0.1, -0.05) is 24.6 Å². The highest BCUT2D eigenvalue weighted by Crippen LogP contribution is 2.36. The lowest BCUT2D eigenvalue weighted by atomic mass is 9.99. The Balaban J connectivity index is 1.76. The molecule has 2 N–H and O–H groups in total. The number of nitrogens with zero attached hydrogens (tertiary/aromatic N) is 2. The fourth-order valence-electron chi connectivity index (χ4n) is 4.50. The average Bonchev–Trinajstić information content (AvgIpc) is 2.95. The molecule has 1 heterocycles. The summed E-state index contributed by atoms with van der Waals surface area (Å²) in [5, 5.41) is 10.3. The number of amides is 1. The van der Waals surface area contributed by atoms with E-state index in [2.05, 4.69) is 4.72 Å². The Morgan fingerprint density at radius 3 is 2.31 bits per heavy atom. The van der Waals surface area contributed by atoms with Gasteiger partial charge in [-0.2, -0.15) is 4.31 Å². The van der Waals surface area contributed by atoms with E-state index in [1.165, 1.54) is 54.4 Å². The second-order valence-corrected chi connectivity index (χ2v) is 14.3. The Hall–Kier alpha value is -3.23. The standard InChI is InChI=1S/C28H31ClFN3O7S2/c1-18-15-33(19(2)17-34)28(35)24-5-4-6-25(31-41(36,37)22-13-9-21(30)10-14-22)27(24)40-26(18)16-32(3)42(38,39)23-11-7-20(29)8-12-23/h4-14,18-19,26,31,34H,15-17H2,1-3H3/t18-,19+,26-/m1/s1. The number of para-hydroxylation sites is 1. The number of aliphatic hydroxyl groups excluding tert-OH is 1. The molecule has 0 unspecified atom stereocenters. The van der Waals surface area contributed by atoms with Gasteiger partial charge in [-0.3, -0.25) is 9.52 Å². The molecule has 3 aromatic rings. The number of likely N-dealkylation sites (N-methyl/N-ethyl adjacent to an activating group) is 1. The number of carbonyl (C=O) groups excluding carboxylic acids is 1. The van der Waals surface area contributed by atoms with Crippen molar-refractivity contribution in [2.24, 2.45) is 5.92 Å². The predicted molar refractivity (Wildman–Crippen MR) is 156 cm³/mol. The van der Waals surface area contributed by atoms with E-state index in [0.29, 0.717) is 5.02 Å². The topological polar surface area (TPSA) is 133 Å². The molecule has 0 saturated carbocycles. The Morgan fingerprint density at radius 2 is 1.69 bits per heavy atom. The molecule has 0 saturated heterocycles. The number of fused-ring (bicyclic) bond motifs is 1. The molecule has 0 aromatic heterocycles. The van der Waals surface area contributed by atoms with E-state index in [9.17, 15) is 31.1 Å². The van der Waals surface area contributed by atoms with E-state index in [-0.39, 0.29) is 46.5 Å². The lowest BCUT2D eigenvalue weighted by Gasteiger charge is -2.38. The van der Waals surface area contributed by atoms with Gasteiger partial charge in [0.2, 0.25) is 10.0 Å². The van der Waals surface area contributed by atoms with Gasteiger partial charge in [0.15, 0.2) is 5.75 Å². The number of halogens is 2. The van der Waals surface area contributed by atoms with Crippen molar-refractivity contribution in [1.82, 2.24) is 9.21 Å². The number of aliphatic hydroxyl groups is 1. The second kappa shape index (κ2) is 12.6. The fourth-order valence-corrected chi connectivity index (χ4v) is 6.87. The molecule has 14 heteroatoms. The van der Waals surface area contributed by atoms with E-state index >= 15 is 0 Å². The summed E-state index contributed by atoms with van der Waals surface area (Å²) in [4.78, 5) is 14.9. The van der Waals surface area contributed by atoms with Crippen molar-refractivity contribution >= 4 is 43.2 Å². The minimum Gasteiger partial charge on any atom is -0.486 e. The van der Waals surface area contributed by atoms with Gasteiger partial charge in [0.25, 0.3) is 15.9 Å². The van der Waals surface area contributed by atoms with Gasteiger partial charge < -0.3 is 14.7 Å². The van der Waals surface area contributed by atoms with E-state index < -0.39 is 49.8 Å². The molecule has 1 aliphatic rings. The number of sulfonamides is 2.